The summed E-state index contributed by atoms with van der Waals surface area (Å²) in [6.07, 6.45) is 0.544. The maximum atomic E-state index is 11.1. The number of nitrogens with two attached hydrogens (primary N) is 2. The van der Waals surface area contributed by atoms with E-state index in [4.69, 9.17) is 16.6 Å². The number of nitrogen functional groups attached to an aromatic ring is 2. The van der Waals surface area contributed by atoms with Crippen LogP contribution in [-0.4, -0.2) is 11.1 Å². The molecule has 0 saturated carbocycles. The van der Waals surface area contributed by atoms with Crippen molar-refractivity contribution in [2.24, 2.45) is 0 Å². The second-order valence-electron chi connectivity index (χ2n) is 4.14. The van der Waals surface area contributed by atoms with Crippen LogP contribution in [0.15, 0.2) is 42.5 Å². The SMILES string of the molecule is Nc1ccc(Cc2ccc(N)cc2C(=O)O)cc1. The fourth-order valence-corrected chi connectivity index (χ4v) is 1.80. The fourth-order valence-electron chi connectivity index (χ4n) is 1.80. The van der Waals surface area contributed by atoms with Gasteiger partial charge in [0.1, 0.15) is 0 Å². The Hall–Kier alpha value is -2.49. The van der Waals surface area contributed by atoms with E-state index in [2.05, 4.69) is 0 Å². The Kier molecular flexibility index (Phi) is 3.19. The molecule has 0 aliphatic rings. The first-order valence-electron chi connectivity index (χ1n) is 5.52. The lowest BCUT2D eigenvalue weighted by atomic mass is 9.99. The third-order valence-corrected chi connectivity index (χ3v) is 2.74. The molecule has 0 aliphatic heterocycles. The Morgan fingerprint density at radius 1 is 1.00 bits per heavy atom. The van der Waals surface area contributed by atoms with Crippen molar-refractivity contribution in [2.45, 2.75) is 6.42 Å². The summed E-state index contributed by atoms with van der Waals surface area (Å²) >= 11 is 0. The van der Waals surface area contributed by atoms with E-state index in [1.54, 1.807) is 24.3 Å². The van der Waals surface area contributed by atoms with Gasteiger partial charge in [-0.3, -0.25) is 0 Å². The van der Waals surface area contributed by atoms with Crippen molar-refractivity contribution >= 4 is 17.3 Å². The van der Waals surface area contributed by atoms with Gasteiger partial charge in [0, 0.05) is 11.4 Å². The summed E-state index contributed by atoms with van der Waals surface area (Å²) in [6, 6.07) is 12.3. The first-order chi connectivity index (χ1) is 8.56. The summed E-state index contributed by atoms with van der Waals surface area (Å²) in [6.45, 7) is 0. The van der Waals surface area contributed by atoms with Crippen LogP contribution in [0.5, 0.6) is 0 Å². The molecular formula is C14H14N2O2. The fraction of sp³-hybridized carbons (Fsp3) is 0.0714. The second-order valence-corrected chi connectivity index (χ2v) is 4.14. The molecule has 4 nitrogen and oxygen atoms in total. The number of benzene rings is 2. The summed E-state index contributed by atoms with van der Waals surface area (Å²) in [4.78, 5) is 11.1. The van der Waals surface area contributed by atoms with E-state index in [9.17, 15) is 4.79 Å². The van der Waals surface area contributed by atoms with Crippen molar-refractivity contribution in [3.8, 4) is 0 Å². The molecule has 0 aromatic heterocycles. The average molecular weight is 242 g/mol. The van der Waals surface area contributed by atoms with Crippen molar-refractivity contribution in [1.29, 1.82) is 0 Å². The summed E-state index contributed by atoms with van der Waals surface area (Å²) in [5.74, 6) is -0.965. The number of anilines is 2. The molecule has 0 unspecified atom stereocenters. The summed E-state index contributed by atoms with van der Waals surface area (Å²) < 4.78 is 0. The molecule has 18 heavy (non-hydrogen) atoms. The molecule has 0 atom stereocenters. The standard InChI is InChI=1S/C14H14N2O2/c15-11-4-1-9(2-5-11)7-10-3-6-12(16)8-13(10)14(17)18/h1-6,8H,7,15-16H2,(H,17,18). The van der Waals surface area contributed by atoms with Crippen molar-refractivity contribution in [3.05, 3.63) is 59.2 Å². The van der Waals surface area contributed by atoms with Gasteiger partial charge in [0.25, 0.3) is 0 Å². The van der Waals surface area contributed by atoms with Gasteiger partial charge in [-0.1, -0.05) is 18.2 Å². The van der Waals surface area contributed by atoms with E-state index >= 15 is 0 Å². The van der Waals surface area contributed by atoms with Crippen molar-refractivity contribution in [1.82, 2.24) is 0 Å². The van der Waals surface area contributed by atoms with E-state index in [-0.39, 0.29) is 5.56 Å². The first kappa shape index (κ1) is 12.0. The van der Waals surface area contributed by atoms with Crippen molar-refractivity contribution in [3.63, 3.8) is 0 Å². The predicted molar refractivity (Wildman–Crippen MR) is 71.5 cm³/mol. The molecule has 92 valence electrons. The maximum absolute atomic E-state index is 11.1. The zero-order valence-electron chi connectivity index (χ0n) is 9.76. The highest BCUT2D eigenvalue weighted by atomic mass is 16.4. The molecule has 4 heteroatoms. The Morgan fingerprint density at radius 2 is 1.61 bits per heavy atom. The highest BCUT2D eigenvalue weighted by Gasteiger charge is 2.10. The van der Waals surface area contributed by atoms with Gasteiger partial charge >= 0.3 is 5.97 Å². The zero-order valence-corrected chi connectivity index (χ0v) is 9.76. The second kappa shape index (κ2) is 4.79. The van der Waals surface area contributed by atoms with Crippen LogP contribution in [0.3, 0.4) is 0 Å². The molecule has 2 rings (SSSR count). The van der Waals surface area contributed by atoms with Crippen LogP contribution >= 0.6 is 0 Å². The van der Waals surface area contributed by atoms with E-state index in [1.807, 2.05) is 12.1 Å². The van der Waals surface area contributed by atoms with Gasteiger partial charge in [0.2, 0.25) is 0 Å². The van der Waals surface area contributed by atoms with Gasteiger partial charge in [0.15, 0.2) is 0 Å². The van der Waals surface area contributed by atoms with Crippen LogP contribution in [0.1, 0.15) is 21.5 Å². The van der Waals surface area contributed by atoms with Gasteiger partial charge in [-0.15, -0.1) is 0 Å². The Morgan fingerprint density at radius 3 is 2.22 bits per heavy atom. The monoisotopic (exact) mass is 242 g/mol. The van der Waals surface area contributed by atoms with Gasteiger partial charge in [0.05, 0.1) is 5.56 Å². The van der Waals surface area contributed by atoms with E-state index < -0.39 is 5.97 Å². The summed E-state index contributed by atoms with van der Waals surface area (Å²) in [5.41, 5.74) is 14.3. The van der Waals surface area contributed by atoms with E-state index in [0.29, 0.717) is 17.8 Å². The molecule has 0 saturated heterocycles. The molecule has 0 heterocycles. The van der Waals surface area contributed by atoms with E-state index in [0.717, 1.165) is 11.1 Å². The number of hydrogen-bond donors (Lipinski definition) is 3. The average Bonchev–Trinajstić information content (AvgIpc) is 2.34. The minimum Gasteiger partial charge on any atom is -0.478 e. The molecule has 0 fully saturated rings. The van der Waals surface area contributed by atoms with Crippen LogP contribution in [0, 0.1) is 0 Å². The van der Waals surface area contributed by atoms with Crippen LogP contribution in [0.2, 0.25) is 0 Å². The normalized spacial score (nSPS) is 10.2. The minimum absolute atomic E-state index is 0.242. The van der Waals surface area contributed by atoms with Crippen LogP contribution < -0.4 is 11.5 Å². The third kappa shape index (κ3) is 2.60. The number of carboxylic acid groups (broad SMARTS) is 1. The molecule has 2 aromatic rings. The number of aromatic carboxylic acids is 1. The Labute approximate surface area is 105 Å². The lowest BCUT2D eigenvalue weighted by Crippen LogP contribution is -2.04. The maximum Gasteiger partial charge on any atom is 0.336 e. The molecule has 0 radical (unpaired) electrons. The van der Waals surface area contributed by atoms with Gasteiger partial charge in [-0.05, 0) is 41.8 Å². The van der Waals surface area contributed by atoms with Gasteiger partial charge in [-0.25, -0.2) is 4.79 Å². The Balaban J connectivity index is 2.34. The highest BCUT2D eigenvalue weighted by Crippen LogP contribution is 2.18. The van der Waals surface area contributed by atoms with Crippen LogP contribution in [-0.2, 0) is 6.42 Å². The molecule has 0 amide bonds. The van der Waals surface area contributed by atoms with Crippen molar-refractivity contribution < 1.29 is 9.90 Å². The summed E-state index contributed by atoms with van der Waals surface area (Å²) in [5, 5.41) is 9.14. The van der Waals surface area contributed by atoms with E-state index in [1.165, 1.54) is 6.07 Å². The molecule has 0 aliphatic carbocycles. The van der Waals surface area contributed by atoms with Crippen LogP contribution in [0.25, 0.3) is 0 Å². The minimum atomic E-state index is -0.965. The molecular weight excluding hydrogens is 228 g/mol. The molecule has 0 spiro atoms. The zero-order chi connectivity index (χ0) is 13.1. The number of carbonyl (C=O) groups is 1. The predicted octanol–water partition coefficient (Wildman–Crippen LogP) is 2.14. The Bertz CT molecular complexity index is 577. The van der Waals surface area contributed by atoms with Crippen molar-refractivity contribution in [2.75, 3.05) is 11.5 Å². The first-order valence-corrected chi connectivity index (χ1v) is 5.52. The molecule has 5 N–H and O–H groups in total. The third-order valence-electron chi connectivity index (χ3n) is 2.74. The van der Waals surface area contributed by atoms with Gasteiger partial charge in [-0.2, -0.15) is 0 Å². The molecule has 2 aromatic carbocycles. The number of carboxylic acids is 1. The summed E-state index contributed by atoms with van der Waals surface area (Å²) in [7, 11) is 0. The van der Waals surface area contributed by atoms with Crippen LogP contribution in [0.4, 0.5) is 11.4 Å². The lowest BCUT2D eigenvalue weighted by molar-refractivity contribution is 0.0696. The lowest BCUT2D eigenvalue weighted by Gasteiger charge is -2.07. The molecule has 0 bridgehead atoms. The number of rotatable bonds is 3. The highest BCUT2D eigenvalue weighted by molar-refractivity contribution is 5.90. The smallest absolute Gasteiger partial charge is 0.336 e. The largest absolute Gasteiger partial charge is 0.478 e. The topological polar surface area (TPSA) is 89.3 Å². The quantitative estimate of drug-likeness (QED) is 0.719. The van der Waals surface area contributed by atoms with Gasteiger partial charge < -0.3 is 16.6 Å². The number of hydrogen-bond acceptors (Lipinski definition) is 3.